The van der Waals surface area contributed by atoms with E-state index in [4.69, 9.17) is 27.9 Å². The topological polar surface area (TPSA) is 140 Å². The first kappa shape index (κ1) is 27.9. The van der Waals surface area contributed by atoms with Crippen LogP contribution in [-0.2, 0) is 33.7 Å². The molecule has 2 N–H and O–H groups in total. The zero-order chi connectivity index (χ0) is 26.9. The van der Waals surface area contributed by atoms with E-state index >= 15 is 0 Å². The van der Waals surface area contributed by atoms with Gasteiger partial charge in [0, 0.05) is 42.7 Å². The van der Waals surface area contributed by atoms with Gasteiger partial charge in [0.2, 0.25) is 0 Å². The van der Waals surface area contributed by atoms with Crippen LogP contribution >= 0.6 is 23.2 Å². The number of alkyl carbamates (subject to hydrolysis) is 1. The molecule has 0 aliphatic rings. The van der Waals surface area contributed by atoms with Crippen LogP contribution in [0.15, 0.2) is 42.5 Å². The number of aliphatic carboxylic acids is 1. The van der Waals surface area contributed by atoms with E-state index in [1.165, 1.54) is 4.68 Å². The largest absolute Gasteiger partial charge is 0.481 e. The molecule has 1 amide bonds. The molecule has 0 spiro atoms. The van der Waals surface area contributed by atoms with Crippen LogP contribution in [0.3, 0.4) is 0 Å². The van der Waals surface area contributed by atoms with Gasteiger partial charge in [-0.05, 0) is 45.8 Å². The molecule has 0 saturated carbocycles. The summed E-state index contributed by atoms with van der Waals surface area (Å²) >= 11 is 12.4. The van der Waals surface area contributed by atoms with Gasteiger partial charge in [0.1, 0.15) is 12.6 Å². The molecule has 1 heterocycles. The van der Waals surface area contributed by atoms with Crippen molar-refractivity contribution < 1.29 is 24.2 Å². The fourth-order valence-electron chi connectivity index (χ4n) is 3.42. The second-order valence-electron chi connectivity index (χ2n) is 8.34. The minimum absolute atomic E-state index is 0.0524. The number of halogens is 2. The number of hydrogen-bond acceptors (Lipinski definition) is 8. The van der Waals surface area contributed by atoms with Crippen molar-refractivity contribution in [1.29, 1.82) is 0 Å². The number of ketones is 1. The summed E-state index contributed by atoms with van der Waals surface area (Å²) in [5, 5.41) is 23.7. The highest BCUT2D eigenvalue weighted by molar-refractivity contribution is 6.36. The van der Waals surface area contributed by atoms with Crippen molar-refractivity contribution in [3.8, 4) is 0 Å². The first-order chi connectivity index (χ1) is 17.6. The Hall–Kier alpha value is -3.70. The zero-order valence-electron chi connectivity index (χ0n) is 20.2. The van der Waals surface area contributed by atoms with Crippen LogP contribution in [0.25, 0.3) is 0 Å². The lowest BCUT2D eigenvalue weighted by molar-refractivity contribution is -0.139. The molecule has 196 valence electrons. The molecule has 0 aliphatic heterocycles. The maximum Gasteiger partial charge on any atom is 0.407 e. The van der Waals surface area contributed by atoms with E-state index in [2.05, 4.69) is 20.8 Å². The van der Waals surface area contributed by atoms with Crippen LogP contribution in [0.4, 0.5) is 10.5 Å². The SMILES string of the molecule is CN(C)c1ccc(CCOC(=O)NC(CC(=O)O)C(=O)Cn2nnnc2Cc2c(Cl)cccc2Cl)cc1. The number of anilines is 1. The number of aromatic nitrogens is 4. The molecule has 2 aromatic carbocycles. The minimum atomic E-state index is -1.34. The number of benzene rings is 2. The predicted octanol–water partition coefficient (Wildman–Crippen LogP) is 3.02. The summed E-state index contributed by atoms with van der Waals surface area (Å²) in [4.78, 5) is 38.5. The Morgan fingerprint density at radius 2 is 1.78 bits per heavy atom. The van der Waals surface area contributed by atoms with Gasteiger partial charge in [0.05, 0.1) is 13.0 Å². The number of carboxylic acids is 1. The maximum atomic E-state index is 12.9. The normalized spacial score (nSPS) is 11.6. The first-order valence-corrected chi connectivity index (χ1v) is 12.0. The summed E-state index contributed by atoms with van der Waals surface area (Å²) in [6.45, 7) is -0.322. The lowest BCUT2D eigenvalue weighted by atomic mass is 10.1. The Morgan fingerprint density at radius 1 is 1.11 bits per heavy atom. The molecule has 37 heavy (non-hydrogen) atoms. The van der Waals surface area contributed by atoms with Crippen LogP contribution in [0.1, 0.15) is 23.4 Å². The monoisotopic (exact) mass is 548 g/mol. The number of amides is 1. The van der Waals surface area contributed by atoms with Gasteiger partial charge in [-0.25, -0.2) is 9.48 Å². The van der Waals surface area contributed by atoms with E-state index in [1.807, 2.05) is 43.3 Å². The van der Waals surface area contributed by atoms with Gasteiger partial charge in [-0.15, -0.1) is 5.10 Å². The molecule has 0 radical (unpaired) electrons. The number of Topliss-reactive ketones (excluding diaryl/α,β-unsaturated/α-hetero) is 1. The van der Waals surface area contributed by atoms with E-state index < -0.39 is 30.3 Å². The average Bonchev–Trinajstić information content (AvgIpc) is 3.27. The Bertz CT molecular complexity index is 1230. The van der Waals surface area contributed by atoms with E-state index in [-0.39, 0.29) is 19.6 Å². The number of tetrazole rings is 1. The summed E-state index contributed by atoms with van der Waals surface area (Å²) in [5.41, 5.74) is 2.58. The predicted molar refractivity (Wildman–Crippen MR) is 137 cm³/mol. The van der Waals surface area contributed by atoms with Crippen molar-refractivity contribution in [2.24, 2.45) is 0 Å². The third kappa shape index (κ3) is 8.16. The molecule has 0 fully saturated rings. The van der Waals surface area contributed by atoms with Crippen molar-refractivity contribution >= 4 is 46.7 Å². The molecule has 1 aromatic heterocycles. The molecular formula is C24H26Cl2N6O5. The second-order valence-corrected chi connectivity index (χ2v) is 9.15. The summed E-state index contributed by atoms with van der Waals surface area (Å²) in [6.07, 6.45) is -0.928. The number of carbonyl (C=O) groups excluding carboxylic acids is 2. The molecule has 3 aromatic rings. The van der Waals surface area contributed by atoms with Gasteiger partial charge in [0.25, 0.3) is 0 Å². The van der Waals surface area contributed by atoms with E-state index in [9.17, 15) is 19.5 Å². The second kappa shape index (κ2) is 13.0. The van der Waals surface area contributed by atoms with Gasteiger partial charge in [-0.1, -0.05) is 41.4 Å². The third-order valence-electron chi connectivity index (χ3n) is 5.44. The fraction of sp³-hybridized carbons (Fsp3) is 0.333. The minimum Gasteiger partial charge on any atom is -0.481 e. The zero-order valence-corrected chi connectivity index (χ0v) is 21.7. The number of carboxylic acid groups (broad SMARTS) is 1. The van der Waals surface area contributed by atoms with E-state index in [0.717, 1.165) is 11.3 Å². The van der Waals surface area contributed by atoms with Crippen LogP contribution in [0, 0.1) is 0 Å². The lowest BCUT2D eigenvalue weighted by Gasteiger charge is -2.16. The molecule has 1 unspecified atom stereocenters. The molecule has 0 bridgehead atoms. The van der Waals surface area contributed by atoms with Gasteiger partial charge < -0.3 is 20.1 Å². The molecule has 0 aliphatic carbocycles. The van der Waals surface area contributed by atoms with E-state index in [0.29, 0.717) is 27.9 Å². The lowest BCUT2D eigenvalue weighted by Crippen LogP contribution is -2.44. The quantitative estimate of drug-likeness (QED) is 0.349. The van der Waals surface area contributed by atoms with Gasteiger partial charge >= 0.3 is 12.1 Å². The third-order valence-corrected chi connectivity index (χ3v) is 6.15. The van der Waals surface area contributed by atoms with Crippen molar-refractivity contribution in [1.82, 2.24) is 25.5 Å². The number of rotatable bonds is 12. The summed E-state index contributed by atoms with van der Waals surface area (Å²) < 4.78 is 6.38. The maximum absolute atomic E-state index is 12.9. The van der Waals surface area contributed by atoms with Crippen molar-refractivity contribution in [2.75, 3.05) is 25.6 Å². The molecule has 1 atom stereocenters. The van der Waals surface area contributed by atoms with Crippen LogP contribution in [0.2, 0.25) is 10.0 Å². The summed E-state index contributed by atoms with van der Waals surface area (Å²) in [6, 6.07) is 11.4. The van der Waals surface area contributed by atoms with Crippen LogP contribution < -0.4 is 10.2 Å². The van der Waals surface area contributed by atoms with Gasteiger partial charge in [-0.3, -0.25) is 9.59 Å². The Balaban J connectivity index is 1.58. The number of carbonyl (C=O) groups is 3. The summed E-state index contributed by atoms with van der Waals surface area (Å²) in [5.74, 6) is -1.59. The molecule has 0 saturated heterocycles. The Labute approximate surface area is 223 Å². The van der Waals surface area contributed by atoms with E-state index in [1.54, 1.807) is 18.2 Å². The van der Waals surface area contributed by atoms with Gasteiger partial charge in [0.15, 0.2) is 11.6 Å². The molecular weight excluding hydrogens is 523 g/mol. The van der Waals surface area contributed by atoms with Crippen LogP contribution in [-0.4, -0.2) is 69.9 Å². The van der Waals surface area contributed by atoms with Crippen molar-refractivity contribution in [2.45, 2.75) is 31.8 Å². The molecule has 11 nitrogen and oxygen atoms in total. The highest BCUT2D eigenvalue weighted by atomic mass is 35.5. The number of ether oxygens (including phenoxy) is 1. The number of hydrogen-bond donors (Lipinski definition) is 2. The first-order valence-electron chi connectivity index (χ1n) is 11.3. The van der Waals surface area contributed by atoms with Crippen molar-refractivity contribution in [3.05, 3.63) is 69.5 Å². The Morgan fingerprint density at radius 3 is 2.41 bits per heavy atom. The van der Waals surface area contributed by atoms with Gasteiger partial charge in [-0.2, -0.15) is 0 Å². The smallest absolute Gasteiger partial charge is 0.407 e. The standard InChI is InChI=1S/C24H26Cl2N6O5/c1-31(2)16-8-6-15(7-9-16)10-11-37-24(36)27-20(13-23(34)35)21(33)14-32-22(28-29-30-32)12-17-18(25)4-3-5-19(17)26/h3-9,20H,10-14H2,1-2H3,(H,27,36)(H,34,35). The van der Waals surface area contributed by atoms with Crippen LogP contribution in [0.5, 0.6) is 0 Å². The fourth-order valence-corrected chi connectivity index (χ4v) is 3.95. The summed E-state index contributed by atoms with van der Waals surface area (Å²) in [7, 11) is 3.87. The number of nitrogens with zero attached hydrogens (tertiary/aromatic N) is 5. The molecule has 13 heteroatoms. The molecule has 3 rings (SSSR count). The number of nitrogens with one attached hydrogen (secondary N) is 1. The average molecular weight is 549 g/mol. The highest BCUT2D eigenvalue weighted by Gasteiger charge is 2.26. The highest BCUT2D eigenvalue weighted by Crippen LogP contribution is 2.26. The Kier molecular flexibility index (Phi) is 9.81. The van der Waals surface area contributed by atoms with Crippen molar-refractivity contribution in [3.63, 3.8) is 0 Å².